The highest BCUT2D eigenvalue weighted by Crippen LogP contribution is 2.36. The van der Waals surface area contributed by atoms with Crippen molar-refractivity contribution in [2.45, 2.75) is 77.3 Å². The average Bonchev–Trinajstić information content (AvgIpc) is 3.24. The minimum absolute atomic E-state index is 0.616. The predicted molar refractivity (Wildman–Crippen MR) is 128 cm³/mol. The van der Waals surface area contributed by atoms with E-state index in [9.17, 15) is 0 Å². The molecule has 0 amide bonds. The van der Waals surface area contributed by atoms with Crippen LogP contribution in [0, 0.1) is 11.8 Å². The van der Waals surface area contributed by atoms with Crippen LogP contribution in [-0.2, 0) is 11.3 Å². The van der Waals surface area contributed by atoms with Crippen molar-refractivity contribution in [3.8, 4) is 0 Å². The maximum absolute atomic E-state index is 5.61. The van der Waals surface area contributed by atoms with Crippen molar-refractivity contribution < 1.29 is 4.74 Å². The molecule has 0 radical (unpaired) electrons. The number of aromatic nitrogens is 2. The molecule has 6 heteroatoms. The summed E-state index contributed by atoms with van der Waals surface area (Å²) in [6.07, 6.45) is 11.1. The van der Waals surface area contributed by atoms with Crippen LogP contribution in [0.3, 0.4) is 0 Å². The van der Waals surface area contributed by atoms with Crippen LogP contribution in [-0.4, -0.2) is 79.5 Å². The summed E-state index contributed by atoms with van der Waals surface area (Å²) in [6.45, 7) is 12.2. The fourth-order valence-corrected chi connectivity index (χ4v) is 5.30. The van der Waals surface area contributed by atoms with Gasteiger partial charge in [0.2, 0.25) is 0 Å². The summed E-state index contributed by atoms with van der Waals surface area (Å²) in [5, 5.41) is 11.1. The van der Waals surface area contributed by atoms with Crippen molar-refractivity contribution in [2.75, 3.05) is 53.5 Å². The van der Waals surface area contributed by atoms with Crippen molar-refractivity contribution in [3.05, 3.63) is 17.5 Å². The predicted octanol–water partition coefficient (Wildman–Crippen LogP) is 3.86. The Labute approximate surface area is 190 Å². The molecule has 178 valence electrons. The van der Waals surface area contributed by atoms with Gasteiger partial charge in [0.05, 0.1) is 5.69 Å². The van der Waals surface area contributed by atoms with Gasteiger partial charge >= 0.3 is 0 Å². The van der Waals surface area contributed by atoms with Crippen molar-refractivity contribution in [1.82, 2.24) is 25.3 Å². The number of H-pyrrole nitrogens is 1. The summed E-state index contributed by atoms with van der Waals surface area (Å²) in [5.41, 5.74) is 2.72. The van der Waals surface area contributed by atoms with Crippen LogP contribution >= 0.6 is 0 Å². The smallest absolute Gasteiger partial charge is 0.0697 e. The van der Waals surface area contributed by atoms with Gasteiger partial charge in [-0.15, -0.1) is 0 Å². The molecule has 0 bridgehead atoms. The Morgan fingerprint density at radius 3 is 2.55 bits per heavy atom. The second-order valence-electron chi connectivity index (χ2n) is 10.4. The number of nitrogens with zero attached hydrogens (tertiary/aromatic N) is 3. The Morgan fingerprint density at radius 2 is 1.87 bits per heavy atom. The maximum Gasteiger partial charge on any atom is 0.0697 e. The summed E-state index contributed by atoms with van der Waals surface area (Å²) in [5.74, 6) is 2.22. The number of rotatable bonds is 12. The Morgan fingerprint density at radius 1 is 1.13 bits per heavy atom. The molecule has 1 aromatic heterocycles. The largest absolute Gasteiger partial charge is 0.381 e. The molecule has 0 atom stereocenters. The number of ether oxygens (including phenoxy) is 1. The molecule has 0 spiro atoms. The SMILES string of the molecule is CNCCN(C)Cc1c[nH]nc1[C@H]1CC[C@@H](N(CCC(C)C)CC2CCOCC2)CC1. The molecule has 6 nitrogen and oxygen atoms in total. The molecule has 2 fully saturated rings. The van der Waals surface area contributed by atoms with Crippen molar-refractivity contribution >= 4 is 0 Å². The first-order valence-corrected chi connectivity index (χ1v) is 12.7. The van der Waals surface area contributed by atoms with E-state index in [2.05, 4.69) is 47.3 Å². The highest BCUT2D eigenvalue weighted by atomic mass is 16.5. The minimum atomic E-state index is 0.616. The van der Waals surface area contributed by atoms with E-state index < -0.39 is 0 Å². The van der Waals surface area contributed by atoms with E-state index >= 15 is 0 Å². The zero-order valence-electron chi connectivity index (χ0n) is 20.5. The van der Waals surface area contributed by atoms with Crippen LogP contribution in [0.15, 0.2) is 6.20 Å². The molecule has 2 N–H and O–H groups in total. The van der Waals surface area contributed by atoms with Crippen molar-refractivity contribution in [3.63, 3.8) is 0 Å². The molecule has 1 saturated carbocycles. The topological polar surface area (TPSA) is 56.4 Å². The van der Waals surface area contributed by atoms with Crippen molar-refractivity contribution in [2.24, 2.45) is 11.8 Å². The lowest BCUT2D eigenvalue weighted by Gasteiger charge is -2.39. The van der Waals surface area contributed by atoms with Crippen LogP contribution in [0.1, 0.15) is 76.0 Å². The summed E-state index contributed by atoms with van der Waals surface area (Å²) in [6, 6.07) is 0.749. The third kappa shape index (κ3) is 7.85. The van der Waals surface area contributed by atoms with E-state index in [1.54, 1.807) is 0 Å². The minimum Gasteiger partial charge on any atom is -0.381 e. The molecule has 2 heterocycles. The zero-order valence-corrected chi connectivity index (χ0v) is 20.5. The lowest BCUT2D eigenvalue weighted by Crippen LogP contribution is -2.42. The van der Waals surface area contributed by atoms with Gasteiger partial charge in [0.1, 0.15) is 0 Å². The summed E-state index contributed by atoms with van der Waals surface area (Å²) < 4.78 is 5.61. The number of nitrogens with one attached hydrogen (secondary N) is 2. The lowest BCUT2D eigenvalue weighted by atomic mass is 9.82. The normalized spacial score (nSPS) is 23.3. The first-order chi connectivity index (χ1) is 15.1. The molecule has 1 saturated heterocycles. The van der Waals surface area contributed by atoms with Gasteiger partial charge in [-0.1, -0.05) is 13.8 Å². The van der Waals surface area contributed by atoms with Gasteiger partial charge in [0.25, 0.3) is 0 Å². The van der Waals surface area contributed by atoms with E-state index in [4.69, 9.17) is 9.84 Å². The number of hydrogen-bond donors (Lipinski definition) is 2. The molecule has 31 heavy (non-hydrogen) atoms. The van der Waals surface area contributed by atoms with Crippen LogP contribution in [0.4, 0.5) is 0 Å². The highest BCUT2D eigenvalue weighted by Gasteiger charge is 2.30. The number of aromatic amines is 1. The standard InChI is InChI=1S/C25H47N5O/c1-20(2)9-13-30(18-21-10-15-31-16-11-21)24-7-5-22(6-8-24)25-23(17-27-28-25)19-29(4)14-12-26-3/h17,20-22,24,26H,5-16,18-19H2,1-4H3,(H,27,28)/t22-,24+. The maximum atomic E-state index is 5.61. The fraction of sp³-hybridized carbons (Fsp3) is 0.880. The average molecular weight is 434 g/mol. The molecule has 3 rings (SSSR count). The van der Waals surface area contributed by atoms with Crippen LogP contribution in [0.2, 0.25) is 0 Å². The molecule has 1 aliphatic heterocycles. The zero-order chi connectivity index (χ0) is 22.1. The van der Waals surface area contributed by atoms with Gasteiger partial charge in [0, 0.05) is 63.1 Å². The molecule has 1 aliphatic carbocycles. The highest BCUT2D eigenvalue weighted by molar-refractivity contribution is 5.21. The summed E-state index contributed by atoms with van der Waals surface area (Å²) in [7, 11) is 4.22. The van der Waals surface area contributed by atoms with E-state index in [-0.39, 0.29) is 0 Å². The van der Waals surface area contributed by atoms with Gasteiger partial charge in [0.15, 0.2) is 0 Å². The summed E-state index contributed by atoms with van der Waals surface area (Å²) >= 11 is 0. The monoisotopic (exact) mass is 433 g/mol. The fourth-order valence-electron chi connectivity index (χ4n) is 5.30. The van der Waals surface area contributed by atoms with Gasteiger partial charge < -0.3 is 19.9 Å². The van der Waals surface area contributed by atoms with Gasteiger partial charge in [-0.2, -0.15) is 5.10 Å². The number of likely N-dealkylation sites (N-methyl/N-ethyl adjacent to an activating group) is 2. The van der Waals surface area contributed by atoms with Crippen LogP contribution in [0.25, 0.3) is 0 Å². The lowest BCUT2D eigenvalue weighted by molar-refractivity contribution is 0.0388. The van der Waals surface area contributed by atoms with Gasteiger partial charge in [-0.05, 0) is 77.4 Å². The first-order valence-electron chi connectivity index (χ1n) is 12.7. The molecule has 1 aromatic rings. The van der Waals surface area contributed by atoms with Crippen LogP contribution in [0.5, 0.6) is 0 Å². The van der Waals surface area contributed by atoms with Crippen LogP contribution < -0.4 is 5.32 Å². The molecular weight excluding hydrogens is 386 g/mol. The quantitative estimate of drug-likeness (QED) is 0.524. The van der Waals surface area contributed by atoms with E-state index in [1.807, 2.05) is 7.05 Å². The first kappa shape index (κ1) is 24.7. The Kier molecular flexibility index (Phi) is 10.3. The van der Waals surface area contributed by atoms with E-state index in [0.29, 0.717) is 5.92 Å². The van der Waals surface area contributed by atoms with E-state index in [0.717, 1.165) is 50.7 Å². The molecule has 0 unspecified atom stereocenters. The van der Waals surface area contributed by atoms with Gasteiger partial charge in [-0.3, -0.25) is 5.10 Å². The second-order valence-corrected chi connectivity index (χ2v) is 10.4. The summed E-state index contributed by atoms with van der Waals surface area (Å²) in [4.78, 5) is 5.24. The molecular formula is C25H47N5O. The van der Waals surface area contributed by atoms with Gasteiger partial charge in [-0.25, -0.2) is 0 Å². The second kappa shape index (κ2) is 12.9. The Bertz CT molecular complexity index is 605. The van der Waals surface area contributed by atoms with Crippen molar-refractivity contribution in [1.29, 1.82) is 0 Å². The third-order valence-corrected chi connectivity index (χ3v) is 7.36. The third-order valence-electron chi connectivity index (χ3n) is 7.36. The Hall–Kier alpha value is -0.950. The Balaban J connectivity index is 1.54. The molecule has 0 aromatic carbocycles. The number of hydrogen-bond acceptors (Lipinski definition) is 5. The van der Waals surface area contributed by atoms with E-state index in [1.165, 1.54) is 69.3 Å². The molecule has 2 aliphatic rings.